The molecule has 32 heavy (non-hydrogen) atoms. The van der Waals surface area contributed by atoms with E-state index in [9.17, 15) is 9.59 Å². The molecule has 2 aromatic heterocycles. The maximum atomic E-state index is 13.0. The molecule has 0 spiro atoms. The number of anilines is 4. The predicted molar refractivity (Wildman–Crippen MR) is 124 cm³/mol. The fourth-order valence-corrected chi connectivity index (χ4v) is 3.72. The smallest absolute Gasteiger partial charge is 0.259 e. The summed E-state index contributed by atoms with van der Waals surface area (Å²) in [6, 6.07) is 10.8. The maximum Gasteiger partial charge on any atom is 0.259 e. The molecule has 2 amide bonds. The van der Waals surface area contributed by atoms with Crippen molar-refractivity contribution < 1.29 is 9.59 Å². The molecule has 9 nitrogen and oxygen atoms in total. The first-order valence-corrected chi connectivity index (χ1v) is 10.3. The monoisotopic (exact) mass is 431 g/mol. The highest BCUT2D eigenvalue weighted by Crippen LogP contribution is 2.38. The van der Waals surface area contributed by atoms with Gasteiger partial charge in [-0.15, -0.1) is 0 Å². The molecule has 3 heterocycles. The Labute approximate surface area is 186 Å². The van der Waals surface area contributed by atoms with Gasteiger partial charge in [-0.3, -0.25) is 9.59 Å². The number of nitrogens with one attached hydrogen (secondary N) is 4. The van der Waals surface area contributed by atoms with E-state index in [4.69, 9.17) is 0 Å². The third-order valence-corrected chi connectivity index (χ3v) is 5.31. The second-order valence-electron chi connectivity index (χ2n) is 8.20. The summed E-state index contributed by atoms with van der Waals surface area (Å²) in [4.78, 5) is 37.8. The van der Waals surface area contributed by atoms with Crippen LogP contribution in [-0.4, -0.2) is 33.8 Å². The van der Waals surface area contributed by atoms with Gasteiger partial charge in [-0.2, -0.15) is 0 Å². The third-order valence-electron chi connectivity index (χ3n) is 5.31. The Morgan fingerprint density at radius 3 is 2.81 bits per heavy atom. The molecule has 1 aromatic carbocycles. The van der Waals surface area contributed by atoms with Crippen LogP contribution in [0.1, 0.15) is 41.9 Å². The zero-order valence-electron chi connectivity index (χ0n) is 18.2. The molecule has 0 saturated carbocycles. The van der Waals surface area contributed by atoms with E-state index < -0.39 is 0 Å². The van der Waals surface area contributed by atoms with E-state index in [-0.39, 0.29) is 17.2 Å². The summed E-state index contributed by atoms with van der Waals surface area (Å²) in [6.45, 7) is 4.45. The molecule has 4 N–H and O–H groups in total. The first-order valence-electron chi connectivity index (χ1n) is 10.3. The molecule has 1 aliphatic heterocycles. The number of fused-ring (bicyclic) bond motifs is 1. The zero-order chi connectivity index (χ0) is 22.7. The van der Waals surface area contributed by atoms with Crippen molar-refractivity contribution in [3.8, 4) is 0 Å². The summed E-state index contributed by atoms with van der Waals surface area (Å²) in [5, 5.41) is 11.9. The molecule has 1 aliphatic rings. The van der Waals surface area contributed by atoms with Gasteiger partial charge in [-0.1, -0.05) is 19.9 Å². The first kappa shape index (κ1) is 21.2. The Morgan fingerprint density at radius 1 is 1.16 bits per heavy atom. The Kier molecular flexibility index (Phi) is 5.72. The average Bonchev–Trinajstić information content (AvgIpc) is 2.77. The number of aromatic nitrogens is 3. The van der Waals surface area contributed by atoms with Crippen LogP contribution in [-0.2, 0) is 16.8 Å². The number of hydrogen-bond donors (Lipinski definition) is 4. The van der Waals surface area contributed by atoms with E-state index in [0.717, 1.165) is 16.9 Å². The number of benzene rings is 1. The highest BCUT2D eigenvalue weighted by atomic mass is 16.2. The Balaban J connectivity index is 1.51. The molecular formula is C23H25N7O2. The van der Waals surface area contributed by atoms with Crippen LogP contribution in [0.4, 0.5) is 23.1 Å². The highest BCUT2D eigenvalue weighted by Gasteiger charge is 2.32. The van der Waals surface area contributed by atoms with Crippen molar-refractivity contribution in [2.75, 3.05) is 28.3 Å². The van der Waals surface area contributed by atoms with Crippen molar-refractivity contribution in [2.24, 2.45) is 0 Å². The van der Waals surface area contributed by atoms with Gasteiger partial charge < -0.3 is 21.3 Å². The van der Waals surface area contributed by atoms with Crippen molar-refractivity contribution >= 4 is 35.0 Å². The molecule has 0 bridgehead atoms. The minimum absolute atomic E-state index is 0.0316. The van der Waals surface area contributed by atoms with Crippen LogP contribution in [0.25, 0.3) is 0 Å². The lowest BCUT2D eigenvalue weighted by Crippen LogP contribution is -2.32. The van der Waals surface area contributed by atoms with E-state index in [1.54, 1.807) is 43.7 Å². The topological polar surface area (TPSA) is 121 Å². The van der Waals surface area contributed by atoms with Gasteiger partial charge in [-0.05, 0) is 35.9 Å². The lowest BCUT2D eigenvalue weighted by molar-refractivity contribution is -0.117. The fourth-order valence-electron chi connectivity index (χ4n) is 3.72. The molecule has 9 heteroatoms. The number of carbonyl (C=O) groups excluding carboxylic acids is 2. The molecule has 4 rings (SSSR count). The first-order chi connectivity index (χ1) is 15.4. The predicted octanol–water partition coefficient (Wildman–Crippen LogP) is 3.40. The fraction of sp³-hybridized carbons (Fsp3) is 0.261. The van der Waals surface area contributed by atoms with Gasteiger partial charge in [0.1, 0.15) is 5.82 Å². The van der Waals surface area contributed by atoms with Crippen molar-refractivity contribution in [1.29, 1.82) is 0 Å². The summed E-state index contributed by atoms with van der Waals surface area (Å²) >= 11 is 0. The number of amides is 2. The summed E-state index contributed by atoms with van der Waals surface area (Å²) < 4.78 is 0. The Bertz CT molecular complexity index is 1180. The highest BCUT2D eigenvalue weighted by molar-refractivity contribution is 6.08. The summed E-state index contributed by atoms with van der Waals surface area (Å²) in [5.74, 6) is 0.629. The molecule has 0 radical (unpaired) electrons. The molecule has 3 aromatic rings. The van der Waals surface area contributed by atoms with E-state index in [1.165, 1.54) is 0 Å². The number of carbonyl (C=O) groups is 2. The summed E-state index contributed by atoms with van der Waals surface area (Å²) in [5.41, 5.74) is 3.26. The lowest BCUT2D eigenvalue weighted by Gasteiger charge is -2.32. The Morgan fingerprint density at radius 2 is 2.00 bits per heavy atom. The molecule has 0 aliphatic carbocycles. The van der Waals surface area contributed by atoms with Crippen molar-refractivity contribution in [3.05, 3.63) is 65.6 Å². The van der Waals surface area contributed by atoms with Gasteiger partial charge in [0.15, 0.2) is 0 Å². The van der Waals surface area contributed by atoms with E-state index >= 15 is 0 Å². The number of rotatable bonds is 6. The average molecular weight is 432 g/mol. The third kappa shape index (κ3) is 4.51. The molecule has 0 unspecified atom stereocenters. The van der Waals surface area contributed by atoms with E-state index in [2.05, 4.69) is 36.2 Å². The second-order valence-corrected chi connectivity index (χ2v) is 8.20. The van der Waals surface area contributed by atoms with Gasteiger partial charge >= 0.3 is 0 Å². The molecule has 164 valence electrons. The van der Waals surface area contributed by atoms with Crippen molar-refractivity contribution in [2.45, 2.75) is 32.2 Å². The number of pyridine rings is 1. The van der Waals surface area contributed by atoms with Crippen molar-refractivity contribution in [1.82, 2.24) is 15.0 Å². The van der Waals surface area contributed by atoms with Gasteiger partial charge in [0.2, 0.25) is 11.9 Å². The quantitative estimate of drug-likeness (QED) is 0.472. The summed E-state index contributed by atoms with van der Waals surface area (Å²) in [7, 11) is 1.75. The lowest BCUT2D eigenvalue weighted by atomic mass is 9.78. The Hall–Kier alpha value is -4.01. The van der Waals surface area contributed by atoms with Crippen LogP contribution >= 0.6 is 0 Å². The van der Waals surface area contributed by atoms with Gasteiger partial charge in [0.05, 0.1) is 17.8 Å². The van der Waals surface area contributed by atoms with Gasteiger partial charge in [-0.25, -0.2) is 15.0 Å². The SMILES string of the molecule is CNc1nccc(CNc2ncccc2C(=O)Nc2ccc3c(c2)NC(=O)CC3(C)C)n1. The standard InChI is InChI=1S/C23H25N7O2/c1-23(2)12-19(31)30-18-11-14(6-7-17(18)23)28-21(32)16-5-4-9-25-20(16)27-13-15-8-10-26-22(24-3)29-15/h4-11H,12-13H2,1-3H3,(H,25,27)(H,28,32)(H,30,31)(H,24,26,29). The molecule has 0 saturated heterocycles. The maximum absolute atomic E-state index is 13.0. The van der Waals surface area contributed by atoms with E-state index in [1.807, 2.05) is 26.0 Å². The molecule has 0 atom stereocenters. The normalized spacial score (nSPS) is 14.2. The largest absolute Gasteiger partial charge is 0.364 e. The number of hydrogen-bond acceptors (Lipinski definition) is 7. The minimum Gasteiger partial charge on any atom is -0.364 e. The van der Waals surface area contributed by atoms with Gasteiger partial charge in [0, 0.05) is 42.7 Å². The molecular weight excluding hydrogens is 406 g/mol. The van der Waals surface area contributed by atoms with Crippen LogP contribution in [0.5, 0.6) is 0 Å². The van der Waals surface area contributed by atoms with E-state index in [0.29, 0.717) is 36.0 Å². The van der Waals surface area contributed by atoms with Crippen molar-refractivity contribution in [3.63, 3.8) is 0 Å². The van der Waals surface area contributed by atoms with Crippen LogP contribution in [0.3, 0.4) is 0 Å². The minimum atomic E-state index is -0.305. The molecule has 0 fully saturated rings. The van der Waals surface area contributed by atoms with Crippen LogP contribution < -0.4 is 21.3 Å². The van der Waals surface area contributed by atoms with Crippen LogP contribution in [0, 0.1) is 0 Å². The van der Waals surface area contributed by atoms with Crippen LogP contribution in [0.15, 0.2) is 48.8 Å². The summed E-state index contributed by atoms with van der Waals surface area (Å²) in [6.07, 6.45) is 3.71. The number of nitrogens with zero attached hydrogens (tertiary/aromatic N) is 3. The zero-order valence-corrected chi connectivity index (χ0v) is 18.2. The second kappa shape index (κ2) is 8.62. The van der Waals surface area contributed by atoms with Gasteiger partial charge in [0.25, 0.3) is 5.91 Å². The van der Waals surface area contributed by atoms with Crippen LogP contribution in [0.2, 0.25) is 0 Å².